The summed E-state index contributed by atoms with van der Waals surface area (Å²) in [7, 11) is -3.78. The second-order valence-electron chi connectivity index (χ2n) is 4.85. The molecule has 0 saturated carbocycles. The molecular weight excluding hydrogens is 302 g/mol. The molecule has 116 valence electrons. The highest BCUT2D eigenvalue weighted by Crippen LogP contribution is 2.17. The van der Waals surface area contributed by atoms with Crippen LogP contribution in [0.4, 0.5) is 0 Å². The summed E-state index contributed by atoms with van der Waals surface area (Å²) in [5, 5.41) is 9.43. The van der Waals surface area contributed by atoms with Crippen LogP contribution in [-0.4, -0.2) is 25.9 Å². The molecule has 0 aliphatic heterocycles. The average molecular weight is 319 g/mol. The lowest BCUT2D eigenvalue weighted by Crippen LogP contribution is -2.30. The van der Waals surface area contributed by atoms with E-state index in [0.29, 0.717) is 11.1 Å². The van der Waals surface area contributed by atoms with Crippen LogP contribution in [0.3, 0.4) is 0 Å². The highest BCUT2D eigenvalue weighted by Gasteiger charge is 2.20. The van der Waals surface area contributed by atoms with E-state index in [-0.39, 0.29) is 17.3 Å². The zero-order valence-electron chi connectivity index (χ0n) is 12.1. The number of ketones is 1. The Kier molecular flexibility index (Phi) is 5.07. The molecule has 0 saturated heterocycles. The molecule has 1 unspecified atom stereocenters. The van der Waals surface area contributed by atoms with Crippen LogP contribution in [-0.2, 0) is 10.0 Å². The van der Waals surface area contributed by atoms with Gasteiger partial charge in [0.25, 0.3) is 0 Å². The van der Waals surface area contributed by atoms with E-state index in [1.165, 1.54) is 31.2 Å². The summed E-state index contributed by atoms with van der Waals surface area (Å²) in [6, 6.07) is 13.8. The second-order valence-corrected chi connectivity index (χ2v) is 6.56. The summed E-state index contributed by atoms with van der Waals surface area (Å²) < 4.78 is 27.2. The Morgan fingerprint density at radius 3 is 2.18 bits per heavy atom. The Labute approximate surface area is 129 Å². The van der Waals surface area contributed by atoms with Crippen LogP contribution in [0, 0.1) is 0 Å². The zero-order chi connectivity index (χ0) is 16.2. The first-order chi connectivity index (χ1) is 10.4. The van der Waals surface area contributed by atoms with Crippen molar-refractivity contribution in [2.45, 2.75) is 17.9 Å². The Morgan fingerprint density at radius 2 is 1.68 bits per heavy atom. The number of rotatable bonds is 6. The van der Waals surface area contributed by atoms with Crippen LogP contribution in [0.2, 0.25) is 0 Å². The first kappa shape index (κ1) is 16.4. The van der Waals surface area contributed by atoms with Gasteiger partial charge in [-0.05, 0) is 24.6 Å². The molecule has 0 fully saturated rings. The van der Waals surface area contributed by atoms with Crippen molar-refractivity contribution in [2.75, 3.05) is 6.61 Å². The molecule has 0 amide bonds. The highest BCUT2D eigenvalue weighted by molar-refractivity contribution is 7.89. The SMILES string of the molecule is CC(=O)c1ccc(S(=O)(=O)NC(CO)c2ccccc2)cc1. The van der Waals surface area contributed by atoms with E-state index in [9.17, 15) is 18.3 Å². The van der Waals surface area contributed by atoms with Crippen molar-refractivity contribution < 1.29 is 18.3 Å². The van der Waals surface area contributed by atoms with Gasteiger partial charge in [-0.25, -0.2) is 13.1 Å². The van der Waals surface area contributed by atoms with E-state index in [1.807, 2.05) is 6.07 Å². The smallest absolute Gasteiger partial charge is 0.241 e. The maximum atomic E-state index is 12.3. The van der Waals surface area contributed by atoms with Crippen LogP contribution in [0.25, 0.3) is 0 Å². The first-order valence-electron chi connectivity index (χ1n) is 6.73. The number of carbonyl (C=O) groups excluding carboxylic acids is 1. The van der Waals surface area contributed by atoms with Gasteiger partial charge in [0, 0.05) is 5.56 Å². The fourth-order valence-corrected chi connectivity index (χ4v) is 3.24. The quantitative estimate of drug-likeness (QED) is 0.797. The number of benzene rings is 2. The largest absolute Gasteiger partial charge is 0.394 e. The summed E-state index contributed by atoms with van der Waals surface area (Å²) in [6.45, 7) is 1.06. The Morgan fingerprint density at radius 1 is 1.09 bits per heavy atom. The topological polar surface area (TPSA) is 83.5 Å². The van der Waals surface area contributed by atoms with Crippen molar-refractivity contribution in [3.8, 4) is 0 Å². The molecule has 2 rings (SSSR count). The third-order valence-corrected chi connectivity index (χ3v) is 4.74. The van der Waals surface area contributed by atoms with Crippen molar-refractivity contribution in [1.82, 2.24) is 4.72 Å². The monoisotopic (exact) mass is 319 g/mol. The number of hydrogen-bond donors (Lipinski definition) is 2. The van der Waals surface area contributed by atoms with Crippen molar-refractivity contribution in [1.29, 1.82) is 0 Å². The average Bonchev–Trinajstić information content (AvgIpc) is 2.53. The third-order valence-electron chi connectivity index (χ3n) is 3.25. The maximum absolute atomic E-state index is 12.3. The van der Waals surface area contributed by atoms with E-state index in [1.54, 1.807) is 24.3 Å². The molecule has 2 aromatic carbocycles. The summed E-state index contributed by atoms with van der Waals surface area (Å²) >= 11 is 0. The molecule has 0 aliphatic carbocycles. The van der Waals surface area contributed by atoms with Gasteiger partial charge in [0.15, 0.2) is 5.78 Å². The number of hydrogen-bond acceptors (Lipinski definition) is 4. The first-order valence-corrected chi connectivity index (χ1v) is 8.21. The minimum Gasteiger partial charge on any atom is -0.394 e. The van der Waals surface area contributed by atoms with E-state index in [0.717, 1.165) is 0 Å². The Bertz CT molecular complexity index is 739. The highest BCUT2D eigenvalue weighted by atomic mass is 32.2. The van der Waals surface area contributed by atoms with Gasteiger partial charge in [-0.15, -0.1) is 0 Å². The number of sulfonamides is 1. The molecular formula is C16H17NO4S. The van der Waals surface area contributed by atoms with E-state index >= 15 is 0 Å². The predicted molar refractivity (Wildman–Crippen MR) is 83.0 cm³/mol. The number of nitrogens with one attached hydrogen (secondary N) is 1. The predicted octanol–water partition coefficient (Wildman–Crippen LogP) is 1.90. The number of carbonyl (C=O) groups is 1. The lowest BCUT2D eigenvalue weighted by molar-refractivity contribution is 0.101. The molecule has 0 spiro atoms. The van der Waals surface area contributed by atoms with Gasteiger partial charge in [-0.2, -0.15) is 0 Å². The molecule has 0 heterocycles. The lowest BCUT2D eigenvalue weighted by Gasteiger charge is -2.17. The number of aliphatic hydroxyl groups excluding tert-OH is 1. The third kappa shape index (κ3) is 3.79. The molecule has 22 heavy (non-hydrogen) atoms. The van der Waals surface area contributed by atoms with Gasteiger partial charge in [-0.1, -0.05) is 42.5 Å². The summed E-state index contributed by atoms with van der Waals surface area (Å²) in [6.07, 6.45) is 0. The molecule has 0 bridgehead atoms. The van der Waals surface area contributed by atoms with Gasteiger partial charge in [-0.3, -0.25) is 4.79 Å². The van der Waals surface area contributed by atoms with Crippen LogP contribution in [0.1, 0.15) is 28.9 Å². The summed E-state index contributed by atoms with van der Waals surface area (Å²) in [5.74, 6) is -0.130. The minimum absolute atomic E-state index is 0.0480. The Hall–Kier alpha value is -2.02. The lowest BCUT2D eigenvalue weighted by atomic mass is 10.1. The molecule has 2 aromatic rings. The van der Waals surface area contributed by atoms with E-state index in [2.05, 4.69) is 4.72 Å². The van der Waals surface area contributed by atoms with E-state index in [4.69, 9.17) is 0 Å². The van der Waals surface area contributed by atoms with Crippen LogP contribution in [0.15, 0.2) is 59.5 Å². The van der Waals surface area contributed by atoms with Crippen molar-refractivity contribution in [2.24, 2.45) is 0 Å². The fourth-order valence-electron chi connectivity index (χ4n) is 2.02. The van der Waals surface area contributed by atoms with Crippen molar-refractivity contribution in [3.63, 3.8) is 0 Å². The van der Waals surface area contributed by atoms with Gasteiger partial charge >= 0.3 is 0 Å². The van der Waals surface area contributed by atoms with E-state index < -0.39 is 16.1 Å². The maximum Gasteiger partial charge on any atom is 0.241 e. The zero-order valence-corrected chi connectivity index (χ0v) is 12.9. The second kappa shape index (κ2) is 6.83. The molecule has 0 radical (unpaired) electrons. The molecule has 6 heteroatoms. The number of aliphatic hydroxyl groups is 1. The van der Waals surface area contributed by atoms with Crippen molar-refractivity contribution in [3.05, 3.63) is 65.7 Å². The summed E-state index contributed by atoms with van der Waals surface area (Å²) in [5.41, 5.74) is 1.12. The number of Topliss-reactive ketones (excluding diaryl/α,β-unsaturated/α-hetero) is 1. The normalized spacial score (nSPS) is 12.8. The van der Waals surface area contributed by atoms with Crippen LogP contribution >= 0.6 is 0 Å². The summed E-state index contributed by atoms with van der Waals surface area (Å²) in [4.78, 5) is 11.3. The van der Waals surface area contributed by atoms with Crippen molar-refractivity contribution >= 4 is 15.8 Å². The molecule has 2 N–H and O–H groups in total. The van der Waals surface area contributed by atoms with Crippen LogP contribution < -0.4 is 4.72 Å². The van der Waals surface area contributed by atoms with Gasteiger partial charge in [0.1, 0.15) is 0 Å². The molecule has 5 nitrogen and oxygen atoms in total. The standard InChI is InChI=1S/C16H17NO4S/c1-12(19)13-7-9-15(10-8-13)22(20,21)17-16(11-18)14-5-3-2-4-6-14/h2-10,16-18H,11H2,1H3. The van der Waals surface area contributed by atoms with Gasteiger partial charge < -0.3 is 5.11 Å². The molecule has 0 aromatic heterocycles. The minimum atomic E-state index is -3.78. The molecule has 1 atom stereocenters. The van der Waals surface area contributed by atoms with Gasteiger partial charge in [0.05, 0.1) is 17.5 Å². The molecule has 0 aliphatic rings. The van der Waals surface area contributed by atoms with Crippen LogP contribution in [0.5, 0.6) is 0 Å². The fraction of sp³-hybridized carbons (Fsp3) is 0.188. The van der Waals surface area contributed by atoms with Gasteiger partial charge in [0.2, 0.25) is 10.0 Å². The Balaban J connectivity index is 2.24.